The first-order valence-electron chi connectivity index (χ1n) is 9.33. The van der Waals surface area contributed by atoms with E-state index in [1.807, 2.05) is 37.4 Å². The Morgan fingerprint density at radius 1 is 1.21 bits per heavy atom. The summed E-state index contributed by atoms with van der Waals surface area (Å²) in [5.41, 5.74) is 3.81. The molecule has 0 aliphatic carbocycles. The van der Waals surface area contributed by atoms with Crippen LogP contribution in [0.15, 0.2) is 54.7 Å². The Hall–Kier alpha value is -3.12. The van der Waals surface area contributed by atoms with E-state index in [0.29, 0.717) is 30.2 Å². The molecule has 0 atom stereocenters. The van der Waals surface area contributed by atoms with Crippen molar-refractivity contribution >= 4 is 34.2 Å². The van der Waals surface area contributed by atoms with E-state index in [1.165, 1.54) is 12.1 Å². The first-order chi connectivity index (χ1) is 14.0. The average Bonchev–Trinajstić information content (AvgIpc) is 3.25. The lowest BCUT2D eigenvalue weighted by atomic mass is 10.1. The highest BCUT2D eigenvalue weighted by molar-refractivity contribution is 6.31. The van der Waals surface area contributed by atoms with E-state index in [2.05, 4.69) is 15.4 Å². The number of aromatic amines is 1. The fourth-order valence-corrected chi connectivity index (χ4v) is 3.56. The normalized spacial score (nSPS) is 11.1. The van der Waals surface area contributed by atoms with E-state index in [0.717, 1.165) is 27.7 Å². The summed E-state index contributed by atoms with van der Waals surface area (Å²) in [5, 5.41) is 8.77. The minimum absolute atomic E-state index is 0.0975. The fourth-order valence-electron chi connectivity index (χ4n) is 3.33. The number of anilines is 1. The number of H-pyrrole nitrogens is 1. The molecule has 2 aromatic carbocycles. The zero-order chi connectivity index (χ0) is 20.4. The average molecular weight is 411 g/mol. The number of hydrogen-bond donors (Lipinski definition) is 2. The van der Waals surface area contributed by atoms with Gasteiger partial charge < -0.3 is 10.3 Å². The van der Waals surface area contributed by atoms with Crippen LogP contribution in [0.1, 0.15) is 23.2 Å². The number of halogens is 2. The lowest BCUT2D eigenvalue weighted by molar-refractivity contribution is -0.116. The first-order valence-corrected chi connectivity index (χ1v) is 9.70. The Morgan fingerprint density at radius 2 is 2.03 bits per heavy atom. The number of nitrogens with zero attached hydrogens (tertiary/aromatic N) is 2. The zero-order valence-corrected chi connectivity index (χ0v) is 16.6. The van der Waals surface area contributed by atoms with Gasteiger partial charge in [0, 0.05) is 40.3 Å². The van der Waals surface area contributed by atoms with Gasteiger partial charge in [-0.2, -0.15) is 5.10 Å². The monoisotopic (exact) mass is 410 g/mol. The summed E-state index contributed by atoms with van der Waals surface area (Å²) in [6, 6.07) is 14.1. The predicted molar refractivity (Wildman–Crippen MR) is 113 cm³/mol. The minimum Gasteiger partial charge on any atom is -0.361 e. The molecule has 0 unspecified atom stereocenters. The second kappa shape index (κ2) is 8.09. The number of carbonyl (C=O) groups is 1. The van der Waals surface area contributed by atoms with Gasteiger partial charge in [0.2, 0.25) is 5.91 Å². The number of carbonyl (C=O) groups excluding carboxylic acids is 1. The number of amides is 1. The van der Waals surface area contributed by atoms with E-state index in [4.69, 9.17) is 11.6 Å². The summed E-state index contributed by atoms with van der Waals surface area (Å²) in [5.74, 6) is 0.0171. The molecule has 2 aromatic heterocycles. The lowest BCUT2D eigenvalue weighted by Gasteiger charge is -2.07. The van der Waals surface area contributed by atoms with Crippen molar-refractivity contribution in [2.24, 2.45) is 0 Å². The third kappa shape index (κ3) is 4.32. The highest BCUT2D eigenvalue weighted by Gasteiger charge is 2.11. The molecule has 0 bridgehead atoms. The molecule has 148 valence electrons. The van der Waals surface area contributed by atoms with Crippen LogP contribution in [0.5, 0.6) is 0 Å². The smallest absolute Gasteiger partial charge is 0.225 e. The van der Waals surface area contributed by atoms with E-state index < -0.39 is 0 Å². The van der Waals surface area contributed by atoms with Gasteiger partial charge in [0.1, 0.15) is 5.82 Å². The van der Waals surface area contributed by atoms with Crippen LogP contribution in [0.25, 0.3) is 10.9 Å². The van der Waals surface area contributed by atoms with Crippen molar-refractivity contribution in [3.05, 3.63) is 82.4 Å². The summed E-state index contributed by atoms with van der Waals surface area (Å²) in [6.07, 6.45) is 2.95. The Kier molecular flexibility index (Phi) is 5.36. The van der Waals surface area contributed by atoms with Gasteiger partial charge in [-0.3, -0.25) is 9.48 Å². The quantitative estimate of drug-likeness (QED) is 0.465. The molecule has 0 fully saturated rings. The molecular weight excluding hydrogens is 391 g/mol. The number of para-hydroxylation sites is 1. The second-order valence-corrected chi connectivity index (χ2v) is 7.38. The first kappa shape index (κ1) is 19.2. The molecule has 5 nitrogen and oxygen atoms in total. The number of rotatable bonds is 6. The van der Waals surface area contributed by atoms with Gasteiger partial charge in [0.25, 0.3) is 0 Å². The number of aromatic nitrogens is 3. The maximum atomic E-state index is 13.2. The number of aryl methyl sites for hydroxylation is 2. The molecule has 2 N–H and O–H groups in total. The molecule has 0 aliphatic heterocycles. The van der Waals surface area contributed by atoms with Crippen LogP contribution in [0.4, 0.5) is 10.2 Å². The van der Waals surface area contributed by atoms with Crippen molar-refractivity contribution in [2.75, 3.05) is 5.32 Å². The molecule has 1 amide bonds. The van der Waals surface area contributed by atoms with Crippen LogP contribution < -0.4 is 5.32 Å². The van der Waals surface area contributed by atoms with Gasteiger partial charge in [-0.1, -0.05) is 35.9 Å². The molecule has 29 heavy (non-hydrogen) atoms. The van der Waals surface area contributed by atoms with Crippen LogP contribution in [0.2, 0.25) is 5.02 Å². The van der Waals surface area contributed by atoms with Gasteiger partial charge in [-0.25, -0.2) is 4.39 Å². The van der Waals surface area contributed by atoms with E-state index >= 15 is 0 Å². The van der Waals surface area contributed by atoms with Crippen LogP contribution in [-0.2, 0) is 17.8 Å². The van der Waals surface area contributed by atoms with Gasteiger partial charge in [0.05, 0.1) is 6.54 Å². The molecule has 0 saturated heterocycles. The largest absolute Gasteiger partial charge is 0.361 e. The van der Waals surface area contributed by atoms with Crippen LogP contribution in [-0.4, -0.2) is 20.7 Å². The zero-order valence-electron chi connectivity index (χ0n) is 15.9. The number of fused-ring (bicyclic) bond motifs is 1. The van der Waals surface area contributed by atoms with Crippen molar-refractivity contribution < 1.29 is 9.18 Å². The van der Waals surface area contributed by atoms with Gasteiger partial charge in [-0.05, 0) is 42.7 Å². The fraction of sp³-hybridized carbons (Fsp3) is 0.182. The highest BCUT2D eigenvalue weighted by atomic mass is 35.5. The maximum absolute atomic E-state index is 13.2. The molecule has 0 radical (unpaired) electrons. The van der Waals surface area contributed by atoms with Crippen LogP contribution >= 0.6 is 11.6 Å². The molecule has 7 heteroatoms. The lowest BCUT2D eigenvalue weighted by Crippen LogP contribution is -2.13. The SMILES string of the molecule is Cc1cc(NC(=O)CCc2c[nH]c3ccccc23)nn1Cc1ccc(F)cc1Cl. The minimum atomic E-state index is -0.376. The van der Waals surface area contributed by atoms with Crippen molar-refractivity contribution in [1.29, 1.82) is 0 Å². The third-order valence-electron chi connectivity index (χ3n) is 4.88. The molecule has 2 heterocycles. The third-order valence-corrected chi connectivity index (χ3v) is 5.23. The molecule has 0 aliphatic rings. The van der Waals surface area contributed by atoms with Crippen molar-refractivity contribution in [3.63, 3.8) is 0 Å². The molecule has 4 rings (SSSR count). The van der Waals surface area contributed by atoms with Crippen LogP contribution in [0.3, 0.4) is 0 Å². The molecular formula is C22H20ClFN4O. The Balaban J connectivity index is 1.39. The van der Waals surface area contributed by atoms with Gasteiger partial charge in [-0.15, -0.1) is 0 Å². The molecule has 4 aromatic rings. The summed E-state index contributed by atoms with van der Waals surface area (Å²) in [6.45, 7) is 2.29. The highest BCUT2D eigenvalue weighted by Crippen LogP contribution is 2.21. The number of nitrogens with one attached hydrogen (secondary N) is 2. The maximum Gasteiger partial charge on any atom is 0.225 e. The summed E-state index contributed by atoms with van der Waals surface area (Å²) >= 11 is 6.10. The van der Waals surface area contributed by atoms with Crippen molar-refractivity contribution in [1.82, 2.24) is 14.8 Å². The Bertz CT molecular complexity index is 1180. The summed E-state index contributed by atoms with van der Waals surface area (Å²) in [7, 11) is 0. The van der Waals surface area contributed by atoms with Gasteiger partial charge in [0.15, 0.2) is 5.82 Å². The second-order valence-electron chi connectivity index (χ2n) is 6.97. The van der Waals surface area contributed by atoms with E-state index in [9.17, 15) is 9.18 Å². The summed E-state index contributed by atoms with van der Waals surface area (Å²) in [4.78, 5) is 15.6. The van der Waals surface area contributed by atoms with Crippen LogP contribution in [0, 0.1) is 12.7 Å². The van der Waals surface area contributed by atoms with Crippen molar-refractivity contribution in [2.45, 2.75) is 26.3 Å². The topological polar surface area (TPSA) is 62.7 Å². The van der Waals surface area contributed by atoms with E-state index in [1.54, 1.807) is 16.8 Å². The Morgan fingerprint density at radius 3 is 2.86 bits per heavy atom. The van der Waals surface area contributed by atoms with Crippen molar-refractivity contribution in [3.8, 4) is 0 Å². The number of hydrogen-bond acceptors (Lipinski definition) is 2. The van der Waals surface area contributed by atoms with Gasteiger partial charge >= 0.3 is 0 Å². The molecule has 0 spiro atoms. The predicted octanol–water partition coefficient (Wildman–Crippen LogP) is 5.08. The number of benzene rings is 2. The molecule has 0 saturated carbocycles. The summed E-state index contributed by atoms with van der Waals surface area (Å²) < 4.78 is 14.9. The standard InChI is InChI=1S/C22H20ClFN4O/c1-14-10-21(27-28(14)13-16-6-8-17(24)11-19(16)23)26-22(29)9-7-15-12-25-20-5-3-2-4-18(15)20/h2-6,8,10-12,25H,7,9,13H2,1H3,(H,26,27,29). The van der Waals surface area contributed by atoms with E-state index in [-0.39, 0.29) is 11.7 Å². The Labute approximate surface area is 172 Å².